The highest BCUT2D eigenvalue weighted by Gasteiger charge is 2.24. The number of furan rings is 1. The summed E-state index contributed by atoms with van der Waals surface area (Å²) in [6.45, 7) is 3.04. The molecule has 9 nitrogen and oxygen atoms in total. The normalized spacial score (nSPS) is 15.7. The lowest BCUT2D eigenvalue weighted by atomic mass is 10.0. The van der Waals surface area contributed by atoms with E-state index in [2.05, 4.69) is 39.0 Å². The van der Waals surface area contributed by atoms with E-state index in [0.29, 0.717) is 30.8 Å². The Bertz CT molecular complexity index is 1190. The molecule has 0 aromatic carbocycles. The van der Waals surface area contributed by atoms with Gasteiger partial charge in [0.25, 0.3) is 0 Å². The van der Waals surface area contributed by atoms with E-state index >= 15 is 0 Å². The molecule has 9 heteroatoms. The number of hydrogen-bond acceptors (Lipinski definition) is 8. The maximum absolute atomic E-state index is 6.20. The molecule has 0 atom stereocenters. The van der Waals surface area contributed by atoms with E-state index < -0.39 is 0 Å². The average molecular weight is 422 g/mol. The first-order valence-corrected chi connectivity index (χ1v) is 10.6. The molecule has 0 bridgehead atoms. The maximum Gasteiger partial charge on any atom is 0.231 e. The Morgan fingerprint density at radius 1 is 1.23 bits per heavy atom. The number of hydrogen-bond donors (Lipinski definition) is 1. The number of fused-ring (bicyclic) bond motifs is 2. The molecule has 31 heavy (non-hydrogen) atoms. The zero-order valence-corrected chi connectivity index (χ0v) is 17.9. The largest absolute Gasteiger partial charge is 0.475 e. The lowest BCUT2D eigenvalue weighted by molar-refractivity contribution is 0.252. The number of anilines is 1. The fourth-order valence-corrected chi connectivity index (χ4v) is 4.18. The van der Waals surface area contributed by atoms with Crippen LogP contribution in [0.1, 0.15) is 12.8 Å². The molecule has 0 aliphatic carbocycles. The van der Waals surface area contributed by atoms with E-state index in [0.717, 1.165) is 54.1 Å². The Morgan fingerprint density at radius 2 is 2.06 bits per heavy atom. The fraction of sp³-hybridized carbons (Fsp3) is 0.409. The fourth-order valence-electron chi connectivity index (χ4n) is 4.18. The van der Waals surface area contributed by atoms with Crippen LogP contribution >= 0.6 is 0 Å². The second-order valence-electron chi connectivity index (χ2n) is 8.02. The van der Waals surface area contributed by atoms with Gasteiger partial charge in [0, 0.05) is 31.9 Å². The Morgan fingerprint density at radius 3 is 2.87 bits per heavy atom. The van der Waals surface area contributed by atoms with Gasteiger partial charge in [0.1, 0.15) is 23.7 Å². The minimum Gasteiger partial charge on any atom is -0.475 e. The second-order valence-corrected chi connectivity index (χ2v) is 8.02. The molecule has 0 saturated carbocycles. The highest BCUT2D eigenvalue weighted by molar-refractivity contribution is 5.92. The topological polar surface area (TPSA) is 98.0 Å². The van der Waals surface area contributed by atoms with Gasteiger partial charge < -0.3 is 24.7 Å². The predicted molar refractivity (Wildman–Crippen MR) is 119 cm³/mol. The summed E-state index contributed by atoms with van der Waals surface area (Å²) in [6, 6.07) is 8.05. The van der Waals surface area contributed by atoms with Crippen LogP contribution in [0.25, 0.3) is 28.1 Å². The first kappa shape index (κ1) is 19.8. The van der Waals surface area contributed by atoms with Crippen LogP contribution in [-0.2, 0) is 0 Å². The van der Waals surface area contributed by atoms with E-state index in [1.807, 2.05) is 24.4 Å². The minimum absolute atomic E-state index is 0.408. The van der Waals surface area contributed by atoms with Crippen LogP contribution in [0.15, 0.2) is 41.1 Å². The van der Waals surface area contributed by atoms with Crippen LogP contribution in [0.3, 0.4) is 0 Å². The van der Waals surface area contributed by atoms with E-state index in [9.17, 15) is 0 Å². The van der Waals surface area contributed by atoms with Gasteiger partial charge in [-0.05, 0) is 51.2 Å². The summed E-state index contributed by atoms with van der Waals surface area (Å²) in [5.74, 6) is 2.13. The summed E-state index contributed by atoms with van der Waals surface area (Å²) in [7, 11) is 4.30. The third-order valence-corrected chi connectivity index (χ3v) is 5.95. The molecule has 1 aliphatic rings. The molecule has 0 radical (unpaired) electrons. The summed E-state index contributed by atoms with van der Waals surface area (Å²) >= 11 is 0. The summed E-state index contributed by atoms with van der Waals surface area (Å²) in [4.78, 5) is 13.8. The van der Waals surface area contributed by atoms with Crippen molar-refractivity contribution in [2.24, 2.45) is 5.73 Å². The molecule has 1 saturated heterocycles. The maximum atomic E-state index is 6.20. The first-order chi connectivity index (χ1) is 15.1. The lowest BCUT2D eigenvalue weighted by Gasteiger charge is -2.35. The Labute approximate surface area is 180 Å². The van der Waals surface area contributed by atoms with E-state index in [4.69, 9.17) is 14.9 Å². The van der Waals surface area contributed by atoms with Crippen molar-refractivity contribution in [3.63, 3.8) is 0 Å². The van der Waals surface area contributed by atoms with E-state index in [-0.39, 0.29) is 0 Å². The average Bonchev–Trinajstić information content (AvgIpc) is 3.41. The third kappa shape index (κ3) is 3.70. The zero-order chi connectivity index (χ0) is 21.4. The molecule has 162 valence electrons. The molecule has 2 N–H and O–H groups in total. The van der Waals surface area contributed by atoms with E-state index in [1.165, 1.54) is 0 Å². The summed E-state index contributed by atoms with van der Waals surface area (Å²) in [6.07, 6.45) is 5.82. The number of piperidine rings is 1. The van der Waals surface area contributed by atoms with E-state index in [1.54, 1.807) is 16.8 Å². The summed E-state index contributed by atoms with van der Waals surface area (Å²) in [5, 5.41) is 5.53. The zero-order valence-electron chi connectivity index (χ0n) is 17.9. The van der Waals surface area contributed by atoms with Crippen molar-refractivity contribution >= 4 is 22.4 Å². The minimum atomic E-state index is 0.408. The van der Waals surface area contributed by atoms with Gasteiger partial charge >= 0.3 is 0 Å². The molecule has 4 aromatic heterocycles. The van der Waals surface area contributed by atoms with Gasteiger partial charge in [-0.2, -0.15) is 0 Å². The Kier molecular flexibility index (Phi) is 5.21. The van der Waals surface area contributed by atoms with Gasteiger partial charge in [0.05, 0.1) is 11.6 Å². The number of nitrogens with zero attached hydrogens (tertiary/aromatic N) is 6. The number of likely N-dealkylation sites (tertiary alicyclic amines) is 1. The highest BCUT2D eigenvalue weighted by Crippen LogP contribution is 2.34. The van der Waals surface area contributed by atoms with Crippen molar-refractivity contribution in [3.05, 3.63) is 36.7 Å². The predicted octanol–water partition coefficient (Wildman–Crippen LogP) is 2.41. The second kappa shape index (κ2) is 8.16. The van der Waals surface area contributed by atoms with Gasteiger partial charge in [-0.1, -0.05) is 0 Å². The van der Waals surface area contributed by atoms with Crippen LogP contribution in [-0.4, -0.2) is 70.9 Å². The van der Waals surface area contributed by atoms with Crippen molar-refractivity contribution in [3.8, 4) is 17.3 Å². The highest BCUT2D eigenvalue weighted by atomic mass is 16.5. The number of nitrogens with two attached hydrogens (primary N) is 1. The van der Waals surface area contributed by atoms with Gasteiger partial charge in [-0.3, -0.25) is 0 Å². The quantitative estimate of drug-likeness (QED) is 0.507. The molecule has 0 amide bonds. The van der Waals surface area contributed by atoms with Crippen molar-refractivity contribution in [1.29, 1.82) is 0 Å². The van der Waals surface area contributed by atoms with Crippen molar-refractivity contribution in [2.45, 2.75) is 18.9 Å². The van der Waals surface area contributed by atoms with Crippen molar-refractivity contribution in [1.82, 2.24) is 24.5 Å². The smallest absolute Gasteiger partial charge is 0.231 e. The molecular formula is C22H27N7O2. The van der Waals surface area contributed by atoms with Gasteiger partial charge in [-0.15, -0.1) is 5.10 Å². The molecule has 0 spiro atoms. The number of rotatable bonds is 6. The SMILES string of the molecule is CN1CCC(N(C)c2nccc3oc(-c4cnc5ccc(OCCN)nn45)cc23)CC1. The number of imidazole rings is 1. The van der Waals surface area contributed by atoms with Crippen LogP contribution in [0, 0.1) is 0 Å². The van der Waals surface area contributed by atoms with Gasteiger partial charge in [0.15, 0.2) is 11.4 Å². The van der Waals surface area contributed by atoms with Crippen LogP contribution in [0.4, 0.5) is 5.82 Å². The molecule has 0 unspecified atom stereocenters. The van der Waals surface area contributed by atoms with Gasteiger partial charge in [-0.25, -0.2) is 14.5 Å². The van der Waals surface area contributed by atoms with Crippen molar-refractivity contribution in [2.75, 3.05) is 45.2 Å². The van der Waals surface area contributed by atoms with Crippen LogP contribution < -0.4 is 15.4 Å². The van der Waals surface area contributed by atoms with Gasteiger partial charge in [0.2, 0.25) is 5.88 Å². The summed E-state index contributed by atoms with van der Waals surface area (Å²) < 4.78 is 13.5. The Hall–Kier alpha value is -3.17. The first-order valence-electron chi connectivity index (χ1n) is 10.6. The molecule has 1 fully saturated rings. The Balaban J connectivity index is 1.51. The third-order valence-electron chi connectivity index (χ3n) is 5.95. The van der Waals surface area contributed by atoms with Crippen LogP contribution in [0.5, 0.6) is 5.88 Å². The molecule has 5 heterocycles. The van der Waals surface area contributed by atoms with Crippen molar-refractivity contribution < 1.29 is 9.15 Å². The lowest BCUT2D eigenvalue weighted by Crippen LogP contribution is -2.42. The monoisotopic (exact) mass is 421 g/mol. The number of pyridine rings is 1. The van der Waals surface area contributed by atoms with Crippen LogP contribution in [0.2, 0.25) is 0 Å². The molecule has 5 rings (SSSR count). The number of ether oxygens (including phenoxy) is 1. The standard InChI is InChI=1S/C22H27N7O2/c1-27-10-6-15(7-11-27)28(2)22-16-13-19(31-18(16)5-9-24-22)17-14-25-20-3-4-21(26-29(17)20)30-12-8-23/h3-5,9,13-15H,6-8,10-12,23H2,1-2H3. The molecule has 1 aliphatic heterocycles. The number of aromatic nitrogens is 4. The molecular weight excluding hydrogens is 394 g/mol. The summed E-state index contributed by atoms with van der Waals surface area (Å²) in [5.41, 5.74) is 7.81. The molecule has 4 aromatic rings.